The van der Waals surface area contributed by atoms with Crippen LogP contribution in [0.1, 0.15) is 6.42 Å². The van der Waals surface area contributed by atoms with Crippen molar-refractivity contribution in [3.8, 4) is 5.88 Å². The topological polar surface area (TPSA) is 47.0 Å². The minimum atomic E-state index is 0. The number of rotatable bonds is 2. The van der Waals surface area contributed by atoms with E-state index in [4.69, 9.17) is 16.3 Å². The summed E-state index contributed by atoms with van der Waals surface area (Å²) in [6.07, 6.45) is 2.63. The fraction of sp³-hybridized carbons (Fsp3) is 0.500. The lowest BCUT2D eigenvalue weighted by Crippen LogP contribution is -2.20. The smallest absolute Gasteiger partial charge is 0.218 e. The van der Waals surface area contributed by atoms with Crippen molar-refractivity contribution >= 4 is 24.0 Å². The van der Waals surface area contributed by atoms with Crippen LogP contribution in [0.2, 0.25) is 5.15 Å². The maximum atomic E-state index is 5.68. The third kappa shape index (κ3) is 2.97. The van der Waals surface area contributed by atoms with Crippen LogP contribution in [0.15, 0.2) is 12.4 Å². The van der Waals surface area contributed by atoms with E-state index in [2.05, 4.69) is 15.3 Å². The van der Waals surface area contributed by atoms with E-state index in [1.807, 2.05) is 0 Å². The van der Waals surface area contributed by atoms with Gasteiger partial charge in [-0.25, -0.2) is 9.97 Å². The van der Waals surface area contributed by atoms with E-state index in [1.165, 1.54) is 6.33 Å². The highest BCUT2D eigenvalue weighted by Gasteiger charge is 2.16. The molecule has 0 amide bonds. The lowest BCUT2D eigenvalue weighted by Gasteiger charge is -2.10. The first kappa shape index (κ1) is 11.5. The molecule has 0 unspecified atom stereocenters. The molecule has 0 bridgehead atoms. The molecule has 1 aliphatic heterocycles. The zero-order chi connectivity index (χ0) is 9.10. The van der Waals surface area contributed by atoms with Crippen molar-refractivity contribution in [2.75, 3.05) is 13.1 Å². The summed E-state index contributed by atoms with van der Waals surface area (Å²) in [5.41, 5.74) is 0. The molecular weight excluding hydrogens is 225 g/mol. The van der Waals surface area contributed by atoms with E-state index < -0.39 is 0 Å². The number of hydrogen-bond acceptors (Lipinski definition) is 4. The molecule has 1 fully saturated rings. The Morgan fingerprint density at radius 1 is 1.50 bits per heavy atom. The summed E-state index contributed by atoms with van der Waals surface area (Å²) in [6.45, 7) is 1.88. The van der Waals surface area contributed by atoms with Gasteiger partial charge in [0.05, 0.1) is 0 Å². The minimum absolute atomic E-state index is 0. The summed E-state index contributed by atoms with van der Waals surface area (Å²) in [5.74, 6) is 0.550. The minimum Gasteiger partial charge on any atom is -0.473 e. The zero-order valence-electron chi connectivity index (χ0n) is 7.44. The molecule has 14 heavy (non-hydrogen) atoms. The van der Waals surface area contributed by atoms with Gasteiger partial charge < -0.3 is 10.1 Å². The highest BCUT2D eigenvalue weighted by atomic mass is 35.5. The van der Waals surface area contributed by atoms with Gasteiger partial charge in [0.2, 0.25) is 5.88 Å². The average Bonchev–Trinajstić information content (AvgIpc) is 2.57. The zero-order valence-corrected chi connectivity index (χ0v) is 9.01. The molecule has 1 aromatic rings. The second-order valence-electron chi connectivity index (χ2n) is 2.91. The molecule has 1 aromatic heterocycles. The Bertz CT molecular complexity index is 292. The van der Waals surface area contributed by atoms with Gasteiger partial charge in [-0.3, -0.25) is 0 Å². The first-order chi connectivity index (χ1) is 6.34. The lowest BCUT2D eigenvalue weighted by atomic mass is 10.3. The van der Waals surface area contributed by atoms with Crippen LogP contribution in [0, 0.1) is 0 Å². The van der Waals surface area contributed by atoms with Crippen LogP contribution in [0.4, 0.5) is 0 Å². The van der Waals surface area contributed by atoms with Crippen LogP contribution in [0.5, 0.6) is 5.88 Å². The van der Waals surface area contributed by atoms with Crippen molar-refractivity contribution in [2.45, 2.75) is 12.5 Å². The summed E-state index contributed by atoms with van der Waals surface area (Å²) >= 11 is 5.68. The van der Waals surface area contributed by atoms with Gasteiger partial charge in [-0.15, -0.1) is 12.4 Å². The molecule has 1 saturated heterocycles. The van der Waals surface area contributed by atoms with E-state index in [0.29, 0.717) is 11.0 Å². The molecule has 0 saturated carbocycles. The van der Waals surface area contributed by atoms with Gasteiger partial charge >= 0.3 is 0 Å². The summed E-state index contributed by atoms with van der Waals surface area (Å²) in [7, 11) is 0. The third-order valence-electron chi connectivity index (χ3n) is 1.91. The Morgan fingerprint density at radius 2 is 2.36 bits per heavy atom. The second-order valence-corrected chi connectivity index (χ2v) is 3.30. The van der Waals surface area contributed by atoms with E-state index in [1.54, 1.807) is 6.07 Å². The molecule has 0 spiro atoms. The van der Waals surface area contributed by atoms with Crippen molar-refractivity contribution in [3.63, 3.8) is 0 Å². The highest BCUT2D eigenvalue weighted by molar-refractivity contribution is 6.29. The summed E-state index contributed by atoms with van der Waals surface area (Å²) < 4.78 is 5.56. The number of nitrogens with zero attached hydrogens (tertiary/aromatic N) is 2. The van der Waals surface area contributed by atoms with Crippen molar-refractivity contribution in [2.24, 2.45) is 0 Å². The first-order valence-electron chi connectivity index (χ1n) is 4.19. The predicted octanol–water partition coefficient (Wildman–Crippen LogP) is 1.29. The van der Waals surface area contributed by atoms with Crippen LogP contribution in [0.25, 0.3) is 0 Å². The molecule has 2 heterocycles. The fourth-order valence-electron chi connectivity index (χ4n) is 1.28. The Kier molecular flexibility index (Phi) is 4.38. The molecule has 1 aliphatic rings. The van der Waals surface area contributed by atoms with E-state index >= 15 is 0 Å². The Morgan fingerprint density at radius 3 is 3.00 bits per heavy atom. The molecule has 4 nitrogen and oxygen atoms in total. The van der Waals surface area contributed by atoms with E-state index in [-0.39, 0.29) is 18.5 Å². The molecule has 1 N–H and O–H groups in total. The SMILES string of the molecule is Cl.Clc1cc(O[C@H]2CCNC2)ncn1. The van der Waals surface area contributed by atoms with Gasteiger partial charge in [-0.2, -0.15) is 0 Å². The van der Waals surface area contributed by atoms with Gasteiger partial charge in [-0.05, 0) is 13.0 Å². The van der Waals surface area contributed by atoms with Gasteiger partial charge in [0.1, 0.15) is 17.6 Å². The Labute approximate surface area is 93.4 Å². The van der Waals surface area contributed by atoms with Crippen molar-refractivity contribution < 1.29 is 4.74 Å². The summed E-state index contributed by atoms with van der Waals surface area (Å²) in [6, 6.07) is 1.62. The molecule has 0 radical (unpaired) electrons. The molecule has 2 rings (SSSR count). The average molecular weight is 236 g/mol. The molecule has 0 aromatic carbocycles. The van der Waals surface area contributed by atoms with Crippen LogP contribution < -0.4 is 10.1 Å². The predicted molar refractivity (Wildman–Crippen MR) is 56.2 cm³/mol. The molecule has 1 atom stereocenters. The van der Waals surface area contributed by atoms with E-state index in [9.17, 15) is 0 Å². The lowest BCUT2D eigenvalue weighted by molar-refractivity contribution is 0.213. The number of aromatic nitrogens is 2. The maximum absolute atomic E-state index is 5.68. The fourth-order valence-corrected chi connectivity index (χ4v) is 1.42. The largest absolute Gasteiger partial charge is 0.473 e. The number of halogens is 2. The standard InChI is InChI=1S/C8H10ClN3O.ClH/c9-7-3-8(12-5-11-7)13-6-1-2-10-4-6;/h3,5-6,10H,1-2,4H2;1H/t6-;/m0./s1. The third-order valence-corrected chi connectivity index (χ3v) is 2.12. The van der Waals surface area contributed by atoms with Crippen molar-refractivity contribution in [1.82, 2.24) is 15.3 Å². The van der Waals surface area contributed by atoms with Crippen LogP contribution in [-0.2, 0) is 0 Å². The van der Waals surface area contributed by atoms with Crippen LogP contribution in [0.3, 0.4) is 0 Å². The molecule has 78 valence electrons. The van der Waals surface area contributed by atoms with Crippen molar-refractivity contribution in [3.05, 3.63) is 17.5 Å². The monoisotopic (exact) mass is 235 g/mol. The number of ether oxygens (including phenoxy) is 1. The normalized spacial score (nSPS) is 20.2. The summed E-state index contributed by atoms with van der Waals surface area (Å²) in [4.78, 5) is 7.73. The van der Waals surface area contributed by atoms with Crippen LogP contribution >= 0.6 is 24.0 Å². The molecule has 0 aliphatic carbocycles. The van der Waals surface area contributed by atoms with Crippen molar-refractivity contribution in [1.29, 1.82) is 0 Å². The molecule has 6 heteroatoms. The number of nitrogens with one attached hydrogen (secondary N) is 1. The number of hydrogen-bond donors (Lipinski definition) is 1. The summed E-state index contributed by atoms with van der Waals surface area (Å²) in [5, 5.41) is 3.62. The van der Waals surface area contributed by atoms with Gasteiger partial charge in [0.25, 0.3) is 0 Å². The maximum Gasteiger partial charge on any atom is 0.218 e. The first-order valence-corrected chi connectivity index (χ1v) is 4.57. The van der Waals surface area contributed by atoms with Gasteiger partial charge in [0, 0.05) is 12.6 Å². The van der Waals surface area contributed by atoms with Crippen LogP contribution in [-0.4, -0.2) is 29.2 Å². The van der Waals surface area contributed by atoms with Gasteiger partial charge in [-0.1, -0.05) is 11.6 Å². The second kappa shape index (κ2) is 5.34. The Hall–Kier alpha value is -0.580. The molecular formula is C8H11Cl2N3O. The highest BCUT2D eigenvalue weighted by Crippen LogP contribution is 2.14. The Balaban J connectivity index is 0.000000980. The quantitative estimate of drug-likeness (QED) is 0.786. The van der Waals surface area contributed by atoms with E-state index in [0.717, 1.165) is 19.5 Å². The van der Waals surface area contributed by atoms with Gasteiger partial charge in [0.15, 0.2) is 0 Å².